The number of carbonyl (C=O) groups excluding carboxylic acids is 1. The Bertz CT molecular complexity index is 1710. The van der Waals surface area contributed by atoms with Crippen molar-refractivity contribution in [3.63, 3.8) is 0 Å². The van der Waals surface area contributed by atoms with E-state index in [0.717, 1.165) is 35.3 Å². The molecule has 0 bridgehead atoms. The number of alkyl halides is 6. The molecule has 2 aromatic heterocycles. The van der Waals surface area contributed by atoms with Gasteiger partial charge in [0.05, 0.1) is 34.6 Å². The number of aliphatic carboxylic acids is 1. The maximum absolute atomic E-state index is 13.9. The third-order valence-corrected chi connectivity index (χ3v) is 7.05. The van der Waals surface area contributed by atoms with Crippen molar-refractivity contribution in [2.24, 2.45) is 5.92 Å². The summed E-state index contributed by atoms with van der Waals surface area (Å²) >= 11 is 0. The van der Waals surface area contributed by atoms with E-state index in [-0.39, 0.29) is 18.5 Å². The second kappa shape index (κ2) is 12.7. The summed E-state index contributed by atoms with van der Waals surface area (Å²) in [5, 5.41) is 28.0. The average molecular weight is 651 g/mol. The molecule has 1 amide bonds. The molecule has 0 unspecified atom stereocenters. The maximum atomic E-state index is 13.9. The molecule has 0 radical (unpaired) electrons. The number of rotatable bonds is 5. The fraction of sp³-hybridized carbons (Fsp3) is 0.333. The van der Waals surface area contributed by atoms with Gasteiger partial charge in [-0.2, -0.15) is 40.9 Å². The van der Waals surface area contributed by atoms with Crippen molar-refractivity contribution in [3.05, 3.63) is 71.4 Å². The molecule has 242 valence electrons. The average Bonchev–Trinajstić information content (AvgIpc) is 3.64. The van der Waals surface area contributed by atoms with Crippen LogP contribution >= 0.6 is 0 Å². The molecule has 1 aliphatic carbocycles. The molecule has 4 aromatic rings. The van der Waals surface area contributed by atoms with Gasteiger partial charge in [-0.05, 0) is 55.9 Å². The van der Waals surface area contributed by atoms with Gasteiger partial charge in [0.15, 0.2) is 17.4 Å². The molecule has 2 heterocycles. The molecule has 9 nitrogen and oxygen atoms in total. The van der Waals surface area contributed by atoms with Crippen molar-refractivity contribution in [2.75, 3.05) is 6.54 Å². The molecule has 1 aliphatic rings. The smallest absolute Gasteiger partial charge is 0.490 e. The molecular weight excluding hydrogens is 629 g/mol. The van der Waals surface area contributed by atoms with Gasteiger partial charge in [-0.1, -0.05) is 0 Å². The number of fused-ring (bicyclic) bond motifs is 1. The van der Waals surface area contributed by atoms with E-state index in [1.807, 2.05) is 10.9 Å². The van der Waals surface area contributed by atoms with Gasteiger partial charge in [-0.15, -0.1) is 0 Å². The van der Waals surface area contributed by atoms with Crippen molar-refractivity contribution in [1.82, 2.24) is 24.9 Å². The predicted octanol–water partition coefficient (Wildman–Crippen LogP) is 6.16. The molecule has 2 aromatic carbocycles. The summed E-state index contributed by atoms with van der Waals surface area (Å²) in [7, 11) is 0. The molecule has 1 fully saturated rings. The van der Waals surface area contributed by atoms with Crippen LogP contribution in [0.25, 0.3) is 16.6 Å². The lowest BCUT2D eigenvalue weighted by molar-refractivity contribution is -0.192. The first-order chi connectivity index (χ1) is 21.0. The van der Waals surface area contributed by atoms with Crippen LogP contribution in [0.1, 0.15) is 47.6 Å². The van der Waals surface area contributed by atoms with Gasteiger partial charge < -0.3 is 15.5 Å². The molecule has 0 spiro atoms. The fourth-order valence-electron chi connectivity index (χ4n) is 4.66. The number of phenolic OH excluding ortho intramolecular Hbond substituents is 1. The number of amides is 1. The zero-order valence-corrected chi connectivity index (χ0v) is 22.6. The van der Waals surface area contributed by atoms with Crippen LogP contribution in [0.15, 0.2) is 42.9 Å². The maximum Gasteiger partial charge on any atom is 0.490 e. The molecule has 1 saturated carbocycles. The van der Waals surface area contributed by atoms with Crippen LogP contribution in [0.3, 0.4) is 0 Å². The van der Waals surface area contributed by atoms with Gasteiger partial charge in [0.2, 0.25) is 5.82 Å². The van der Waals surface area contributed by atoms with Crippen LogP contribution in [-0.4, -0.2) is 54.4 Å². The first kappa shape index (κ1) is 33.1. The van der Waals surface area contributed by atoms with Crippen molar-refractivity contribution in [3.8, 4) is 11.4 Å². The van der Waals surface area contributed by atoms with E-state index in [1.165, 1.54) is 0 Å². The van der Waals surface area contributed by atoms with Crippen LogP contribution in [0.2, 0.25) is 0 Å². The van der Waals surface area contributed by atoms with Gasteiger partial charge in [-0.25, -0.2) is 18.3 Å². The monoisotopic (exact) mass is 651 g/mol. The van der Waals surface area contributed by atoms with Crippen LogP contribution in [0.4, 0.5) is 39.5 Å². The fourth-order valence-corrected chi connectivity index (χ4v) is 4.66. The largest absolute Gasteiger partial charge is 0.503 e. The Labute approximate surface area is 246 Å². The van der Waals surface area contributed by atoms with E-state index >= 15 is 0 Å². The van der Waals surface area contributed by atoms with E-state index in [4.69, 9.17) is 15.0 Å². The molecular formula is C27H22F9N5O4. The number of carboxylic acid groups (broad SMARTS) is 1. The van der Waals surface area contributed by atoms with E-state index in [2.05, 4.69) is 15.5 Å². The van der Waals surface area contributed by atoms with E-state index < -0.39 is 58.6 Å². The number of aromatic nitrogens is 4. The lowest BCUT2D eigenvalue weighted by Crippen LogP contribution is -2.32. The number of nitrogens with one attached hydrogen (secondary N) is 1. The Balaban J connectivity index is 0.000000591. The standard InChI is InChI=1S/C25H21F6N5O2.C2HF3O2/c26-19-8-18(21(27)22(28)23(19)37)24(38)32-9-13-1-4-16(5-2-13)36-11-14-3-6-17(7-20(14)34-36)35-12-15(10-33-35)25(29,30)31;3-2(4,5)1(6)7/h3,6-8,10-13,16,37H,1-2,4-5,9H2,(H,32,38);(H,6,7). The SMILES string of the molecule is O=C(NCC1CCC(n2cc3ccc(-n4cc(C(F)(F)F)cn4)cc3n2)CC1)c1cc(F)c(O)c(F)c1F.O=C(O)C(F)(F)F. The van der Waals surface area contributed by atoms with Gasteiger partial charge in [0, 0.05) is 24.3 Å². The molecule has 3 N–H and O–H groups in total. The Morgan fingerprint density at radius 3 is 2.18 bits per heavy atom. The van der Waals surface area contributed by atoms with Gasteiger partial charge in [0.1, 0.15) is 0 Å². The Kier molecular flexibility index (Phi) is 9.34. The highest BCUT2D eigenvalue weighted by molar-refractivity contribution is 5.94. The van der Waals surface area contributed by atoms with Gasteiger partial charge in [-0.3, -0.25) is 9.48 Å². The number of benzene rings is 2. The minimum atomic E-state index is -5.08. The van der Waals surface area contributed by atoms with Gasteiger partial charge >= 0.3 is 18.3 Å². The third kappa shape index (κ3) is 7.66. The second-order valence-electron chi connectivity index (χ2n) is 10.1. The predicted molar refractivity (Wildman–Crippen MR) is 137 cm³/mol. The summed E-state index contributed by atoms with van der Waals surface area (Å²) in [6, 6.07) is 5.61. The molecule has 0 atom stereocenters. The quantitative estimate of drug-likeness (QED) is 0.176. The number of carboxylic acids is 1. The summed E-state index contributed by atoms with van der Waals surface area (Å²) < 4.78 is 114. The van der Waals surface area contributed by atoms with E-state index in [0.29, 0.717) is 30.1 Å². The summed E-state index contributed by atoms with van der Waals surface area (Å²) in [5.74, 6) is -10.0. The number of aromatic hydroxyl groups is 1. The van der Waals surface area contributed by atoms with Crippen LogP contribution in [0.5, 0.6) is 5.75 Å². The summed E-state index contributed by atoms with van der Waals surface area (Å²) in [5.41, 5.74) is -0.610. The van der Waals surface area contributed by atoms with Crippen LogP contribution in [-0.2, 0) is 11.0 Å². The summed E-state index contributed by atoms with van der Waals surface area (Å²) in [6.45, 7) is 0.184. The van der Waals surface area contributed by atoms with Crippen LogP contribution < -0.4 is 5.32 Å². The minimum Gasteiger partial charge on any atom is -0.503 e. The van der Waals surface area contributed by atoms with E-state index in [9.17, 15) is 44.3 Å². The number of nitrogens with zero attached hydrogens (tertiary/aromatic N) is 4. The lowest BCUT2D eigenvalue weighted by Gasteiger charge is -2.28. The number of hydrogen-bond donors (Lipinski definition) is 3. The highest BCUT2D eigenvalue weighted by Gasteiger charge is 2.38. The first-order valence-corrected chi connectivity index (χ1v) is 13.0. The van der Waals surface area contributed by atoms with Crippen molar-refractivity contribution in [2.45, 2.75) is 44.1 Å². The summed E-state index contributed by atoms with van der Waals surface area (Å²) in [4.78, 5) is 21.1. The number of phenols is 1. The first-order valence-electron chi connectivity index (χ1n) is 13.0. The minimum absolute atomic E-state index is 0.0595. The topological polar surface area (TPSA) is 122 Å². The Morgan fingerprint density at radius 1 is 0.956 bits per heavy atom. The Morgan fingerprint density at radius 2 is 1.60 bits per heavy atom. The van der Waals surface area contributed by atoms with E-state index in [1.54, 1.807) is 18.2 Å². The number of halogens is 9. The van der Waals surface area contributed by atoms with Crippen molar-refractivity contribution >= 4 is 22.8 Å². The molecule has 5 rings (SSSR count). The number of carbonyl (C=O) groups is 2. The molecule has 45 heavy (non-hydrogen) atoms. The highest BCUT2D eigenvalue weighted by atomic mass is 19.4. The third-order valence-electron chi connectivity index (χ3n) is 7.05. The normalized spacial score (nSPS) is 17.1. The lowest BCUT2D eigenvalue weighted by atomic mass is 9.86. The molecule has 18 heteroatoms. The van der Waals surface area contributed by atoms with Crippen molar-refractivity contribution < 1.29 is 59.3 Å². The Hall–Kier alpha value is -4.77. The zero-order chi connectivity index (χ0) is 33.3. The molecule has 0 aliphatic heterocycles. The second-order valence-corrected chi connectivity index (χ2v) is 10.1. The number of hydrogen-bond acceptors (Lipinski definition) is 5. The van der Waals surface area contributed by atoms with Crippen LogP contribution in [0, 0.1) is 23.4 Å². The highest BCUT2D eigenvalue weighted by Crippen LogP contribution is 2.33. The van der Waals surface area contributed by atoms with Gasteiger partial charge in [0.25, 0.3) is 5.91 Å². The summed E-state index contributed by atoms with van der Waals surface area (Å²) in [6.07, 6.45) is -3.14. The molecule has 0 saturated heterocycles. The zero-order valence-electron chi connectivity index (χ0n) is 22.6. The van der Waals surface area contributed by atoms with Crippen molar-refractivity contribution in [1.29, 1.82) is 0 Å².